The summed E-state index contributed by atoms with van der Waals surface area (Å²) in [4.78, 5) is 42.6. The number of amides is 1. The molecule has 1 amide bonds. The predicted molar refractivity (Wildman–Crippen MR) is 189 cm³/mol. The molecule has 2 saturated heterocycles. The zero-order valence-corrected chi connectivity index (χ0v) is 28.5. The second kappa shape index (κ2) is 13.3. The summed E-state index contributed by atoms with van der Waals surface area (Å²) in [6, 6.07) is 31.9. The minimum Gasteiger partial charge on any atom is -0.450 e. The molecule has 2 aliphatic carbocycles. The molecule has 51 heavy (non-hydrogen) atoms. The molecule has 258 valence electrons. The highest BCUT2D eigenvalue weighted by Crippen LogP contribution is 2.52. The van der Waals surface area contributed by atoms with Crippen molar-refractivity contribution in [3.63, 3.8) is 0 Å². The summed E-state index contributed by atoms with van der Waals surface area (Å²) < 4.78 is 32.9. The van der Waals surface area contributed by atoms with Gasteiger partial charge < -0.3 is 18.6 Å². The normalized spacial score (nSPS) is 20.1. The first-order valence-electron chi connectivity index (χ1n) is 17.2. The number of carbonyl (C=O) groups is 3. The number of nitrogens with one attached hydrogen (secondary N) is 1. The molecule has 3 fully saturated rings. The lowest BCUT2D eigenvalue weighted by Gasteiger charge is -2.36. The van der Waals surface area contributed by atoms with Crippen LogP contribution in [0.5, 0.6) is 5.75 Å². The molecule has 1 saturated carbocycles. The zero-order valence-electron chi connectivity index (χ0n) is 27.7. The lowest BCUT2D eigenvalue weighted by atomic mass is 9.75. The van der Waals surface area contributed by atoms with Gasteiger partial charge in [0.1, 0.15) is 18.3 Å². The average Bonchev–Trinajstić information content (AvgIpc) is 3.90. The first-order valence-corrected chi connectivity index (χ1v) is 18.2. The van der Waals surface area contributed by atoms with E-state index in [1.807, 2.05) is 36.4 Å². The number of carbonyl (C=O) groups excluding carboxylic acids is 3. The summed E-state index contributed by atoms with van der Waals surface area (Å²) in [5.41, 5.74) is 5.05. The maximum Gasteiger partial charge on any atom is 0.409 e. The van der Waals surface area contributed by atoms with Gasteiger partial charge in [0.15, 0.2) is 11.4 Å². The van der Waals surface area contributed by atoms with Gasteiger partial charge in [0.05, 0.1) is 11.6 Å². The number of nitriles is 1. The van der Waals surface area contributed by atoms with E-state index in [-0.39, 0.29) is 56.1 Å². The molecule has 10 nitrogen and oxygen atoms in total. The molecular weight excluding hydrogens is 667 g/mol. The Bertz CT molecular complexity index is 2040. The van der Waals surface area contributed by atoms with E-state index in [1.54, 1.807) is 47.4 Å². The summed E-state index contributed by atoms with van der Waals surface area (Å²) in [6.07, 6.45) is 1.75. The highest BCUT2D eigenvalue weighted by molar-refractivity contribution is 7.81. The molecule has 4 aromatic rings. The molecule has 1 spiro atoms. The number of rotatable bonds is 9. The fourth-order valence-corrected chi connectivity index (χ4v) is 8.53. The number of benzene rings is 4. The number of anilines is 1. The minimum atomic E-state index is -1.94. The van der Waals surface area contributed by atoms with E-state index in [0.29, 0.717) is 17.0 Å². The largest absolute Gasteiger partial charge is 0.450 e. The number of esters is 1. The highest BCUT2D eigenvalue weighted by atomic mass is 32.2. The maximum absolute atomic E-state index is 14.2. The number of nitrogens with zero attached hydrogens (tertiary/aromatic N) is 2. The molecule has 1 N–H and O–H groups in total. The van der Waals surface area contributed by atoms with E-state index in [1.165, 1.54) is 0 Å². The van der Waals surface area contributed by atoms with Gasteiger partial charge in [-0.05, 0) is 83.0 Å². The SMILES string of the molecule is N#Cc1ccc(OS(=O)Nc2cccc(C(C3CC3)C3C(=O)OC4(CCN(C(=O)OCC5c6ccccc6-c6ccccc65)CC4)C3=O)c2)cc1. The zero-order chi connectivity index (χ0) is 35.1. The van der Waals surface area contributed by atoms with Gasteiger partial charge in [0, 0.05) is 43.5 Å². The fraction of sp³-hybridized carbons (Fsp3) is 0.300. The second-order valence-corrected chi connectivity index (χ2v) is 14.4. The van der Waals surface area contributed by atoms with Crippen LogP contribution in [0.25, 0.3) is 11.1 Å². The van der Waals surface area contributed by atoms with E-state index in [2.05, 4.69) is 29.0 Å². The number of ether oxygens (including phenoxy) is 2. The quantitative estimate of drug-likeness (QED) is 0.152. The number of ketones is 1. The van der Waals surface area contributed by atoms with Crippen molar-refractivity contribution in [1.82, 2.24) is 4.90 Å². The Labute approximate surface area is 298 Å². The summed E-state index contributed by atoms with van der Waals surface area (Å²) >= 11 is -1.94. The molecule has 2 heterocycles. The number of Topliss-reactive ketones (excluding diaryl/α,β-unsaturated/α-hetero) is 1. The van der Waals surface area contributed by atoms with Crippen molar-refractivity contribution in [1.29, 1.82) is 5.26 Å². The van der Waals surface area contributed by atoms with Crippen LogP contribution in [-0.2, 0) is 30.3 Å². The van der Waals surface area contributed by atoms with Crippen molar-refractivity contribution in [2.24, 2.45) is 11.8 Å². The van der Waals surface area contributed by atoms with E-state index >= 15 is 0 Å². The topological polar surface area (TPSA) is 135 Å². The van der Waals surface area contributed by atoms with Crippen LogP contribution in [-0.4, -0.2) is 52.3 Å². The van der Waals surface area contributed by atoms with Crippen LogP contribution in [0.3, 0.4) is 0 Å². The first kappa shape index (κ1) is 32.7. The highest BCUT2D eigenvalue weighted by Gasteiger charge is 2.60. The molecule has 4 aliphatic rings. The van der Waals surface area contributed by atoms with Crippen molar-refractivity contribution in [3.05, 3.63) is 119 Å². The molecule has 2 aliphatic heterocycles. The van der Waals surface area contributed by atoms with Crippen molar-refractivity contribution in [2.45, 2.75) is 43.1 Å². The van der Waals surface area contributed by atoms with E-state index < -0.39 is 34.8 Å². The number of hydrogen-bond donors (Lipinski definition) is 1. The molecule has 0 bridgehead atoms. The summed E-state index contributed by atoms with van der Waals surface area (Å²) in [5, 5.41) is 9.00. The third-order valence-electron chi connectivity index (χ3n) is 10.6. The van der Waals surface area contributed by atoms with Crippen molar-refractivity contribution in [3.8, 4) is 22.9 Å². The standard InChI is InChI=1S/C40H35N3O7S/c41-23-25-12-16-29(17-13-25)50-51(47)42-28-7-5-6-27(22-28)35(26-14-15-26)36-37(44)40(49-38(36)45)18-20-43(21-19-40)39(46)48-24-34-32-10-3-1-8-30(32)31-9-2-4-11-33(31)34/h1-13,16-17,22,26,34-36,42H,14-15,18-21,24H2. The Morgan fingerprint density at radius 3 is 2.25 bits per heavy atom. The van der Waals surface area contributed by atoms with Crippen LogP contribution in [0.1, 0.15) is 59.8 Å². The molecule has 3 atom stereocenters. The minimum absolute atomic E-state index is 0.0567. The Balaban J connectivity index is 0.911. The van der Waals surface area contributed by atoms with Crippen molar-refractivity contribution < 1.29 is 32.2 Å². The summed E-state index contributed by atoms with van der Waals surface area (Å²) in [5.74, 6) is -1.70. The maximum atomic E-state index is 14.2. The number of fused-ring (bicyclic) bond motifs is 3. The Hall–Kier alpha value is -5.47. The third kappa shape index (κ3) is 6.25. The van der Waals surface area contributed by atoms with E-state index in [4.69, 9.17) is 18.9 Å². The number of hydrogen-bond acceptors (Lipinski definition) is 8. The Morgan fingerprint density at radius 1 is 0.941 bits per heavy atom. The predicted octanol–water partition coefficient (Wildman–Crippen LogP) is 6.65. The van der Waals surface area contributed by atoms with Gasteiger partial charge in [-0.25, -0.2) is 4.79 Å². The molecule has 0 aromatic heterocycles. The average molecular weight is 702 g/mol. The molecule has 3 unspecified atom stereocenters. The van der Waals surface area contributed by atoms with E-state index in [9.17, 15) is 18.6 Å². The molecule has 11 heteroatoms. The lowest BCUT2D eigenvalue weighted by Crippen LogP contribution is -2.50. The summed E-state index contributed by atoms with van der Waals surface area (Å²) in [6.45, 7) is 0.679. The number of piperidine rings is 1. The van der Waals surface area contributed by atoms with Crippen LogP contribution < -0.4 is 8.91 Å². The van der Waals surface area contributed by atoms with Gasteiger partial charge in [0.25, 0.3) is 0 Å². The molecule has 0 radical (unpaired) electrons. The van der Waals surface area contributed by atoms with Crippen LogP contribution in [0.4, 0.5) is 10.5 Å². The smallest absolute Gasteiger partial charge is 0.409 e. The molecule has 4 aromatic carbocycles. The molecule has 8 rings (SSSR count). The molecular formula is C40H35N3O7S. The number of likely N-dealkylation sites (tertiary alicyclic amines) is 1. The lowest BCUT2D eigenvalue weighted by molar-refractivity contribution is -0.156. The van der Waals surface area contributed by atoms with Crippen molar-refractivity contribution in [2.75, 3.05) is 24.4 Å². The van der Waals surface area contributed by atoms with Crippen LogP contribution in [0.15, 0.2) is 97.1 Å². The first-order chi connectivity index (χ1) is 24.8. The van der Waals surface area contributed by atoms with Crippen LogP contribution >= 0.6 is 0 Å². The third-order valence-corrected chi connectivity index (χ3v) is 11.3. The van der Waals surface area contributed by atoms with Crippen LogP contribution in [0.2, 0.25) is 0 Å². The van der Waals surface area contributed by atoms with Gasteiger partial charge >= 0.3 is 23.3 Å². The Morgan fingerprint density at radius 2 is 1.61 bits per heavy atom. The monoisotopic (exact) mass is 701 g/mol. The fourth-order valence-electron chi connectivity index (χ4n) is 7.88. The Kier molecular flexibility index (Phi) is 8.56. The summed E-state index contributed by atoms with van der Waals surface area (Å²) in [7, 11) is 0. The van der Waals surface area contributed by atoms with Gasteiger partial charge in [-0.3, -0.25) is 14.3 Å². The second-order valence-electron chi connectivity index (χ2n) is 13.6. The van der Waals surface area contributed by atoms with Gasteiger partial charge in [-0.2, -0.15) is 9.47 Å². The van der Waals surface area contributed by atoms with Crippen molar-refractivity contribution >= 4 is 34.8 Å². The van der Waals surface area contributed by atoms with Gasteiger partial charge in [-0.15, -0.1) is 0 Å². The van der Waals surface area contributed by atoms with Gasteiger partial charge in [0.2, 0.25) is 0 Å². The van der Waals surface area contributed by atoms with E-state index in [0.717, 1.165) is 40.7 Å². The van der Waals surface area contributed by atoms with Crippen LogP contribution in [0, 0.1) is 23.2 Å². The van der Waals surface area contributed by atoms with Gasteiger partial charge in [-0.1, -0.05) is 60.7 Å².